The first kappa shape index (κ1) is 28.3. The number of nitrogens with zero attached hydrogens (tertiary/aromatic N) is 1. The van der Waals surface area contributed by atoms with E-state index in [4.69, 9.17) is 18.6 Å². The predicted molar refractivity (Wildman–Crippen MR) is 142 cm³/mol. The van der Waals surface area contributed by atoms with E-state index in [1.54, 1.807) is 40.0 Å². The molecule has 36 heavy (non-hydrogen) atoms. The highest BCUT2D eigenvalue weighted by molar-refractivity contribution is 6.74. The predicted octanol–water partition coefficient (Wildman–Crippen LogP) is 4.07. The van der Waals surface area contributed by atoms with Crippen LogP contribution in [0.25, 0.3) is 0 Å². The van der Waals surface area contributed by atoms with E-state index < -0.39 is 26.1 Å². The molecular formula is C26H43N3O6Si. The lowest BCUT2D eigenvalue weighted by molar-refractivity contribution is -0.120. The molecule has 2 aliphatic rings. The summed E-state index contributed by atoms with van der Waals surface area (Å²) in [5, 5.41) is 6.30. The fraction of sp³-hybridized carbons (Fsp3) is 0.692. The molecule has 3 atom stereocenters. The minimum atomic E-state index is -1.82. The van der Waals surface area contributed by atoms with Crippen LogP contribution < -0.4 is 25.0 Å². The lowest BCUT2D eigenvalue weighted by Crippen LogP contribution is -2.50. The quantitative estimate of drug-likeness (QED) is 0.545. The number of nitrogens with one attached hydrogen (secondary N) is 2. The Kier molecular flexibility index (Phi) is 8.32. The molecule has 0 unspecified atom stereocenters. The van der Waals surface area contributed by atoms with Gasteiger partial charge in [-0.1, -0.05) is 20.8 Å². The van der Waals surface area contributed by atoms with Crippen molar-refractivity contribution in [1.82, 2.24) is 10.6 Å². The Morgan fingerprint density at radius 1 is 1.22 bits per heavy atom. The summed E-state index contributed by atoms with van der Waals surface area (Å²) in [6.07, 6.45) is 0.433. The second-order valence-corrected chi connectivity index (χ2v) is 16.9. The van der Waals surface area contributed by atoms with Gasteiger partial charge in [-0.25, -0.2) is 4.79 Å². The fourth-order valence-electron chi connectivity index (χ4n) is 3.91. The molecule has 10 heteroatoms. The number of benzene rings is 1. The van der Waals surface area contributed by atoms with Crippen LogP contribution in [0.4, 0.5) is 10.5 Å². The van der Waals surface area contributed by atoms with Gasteiger partial charge in [0, 0.05) is 25.7 Å². The number of amides is 2. The van der Waals surface area contributed by atoms with E-state index in [2.05, 4.69) is 44.5 Å². The molecule has 0 spiro atoms. The van der Waals surface area contributed by atoms with Crippen LogP contribution in [0.5, 0.6) is 11.5 Å². The van der Waals surface area contributed by atoms with Crippen LogP contribution in [-0.2, 0) is 14.0 Å². The number of carbonyl (C=O) groups excluding carboxylic acids is 2. The van der Waals surface area contributed by atoms with Crippen molar-refractivity contribution in [3.8, 4) is 11.5 Å². The zero-order valence-corrected chi connectivity index (χ0v) is 24.2. The van der Waals surface area contributed by atoms with Crippen LogP contribution >= 0.6 is 0 Å². The van der Waals surface area contributed by atoms with Crippen LogP contribution in [0, 0.1) is 0 Å². The van der Waals surface area contributed by atoms with Gasteiger partial charge in [0.2, 0.25) is 0 Å². The highest BCUT2D eigenvalue weighted by atomic mass is 28.4. The Hall–Kier alpha value is -2.30. The van der Waals surface area contributed by atoms with E-state index in [0.717, 1.165) is 13.0 Å². The first-order valence-corrected chi connectivity index (χ1v) is 15.5. The SMILES string of the molecule is CN1C(=O)[C@@H](NC(=O)OC(C)(C)C)COc2ccc(OC[C@@H]3C[C@@H](O[Si](C)(C)C(C)(C)C)CN3)cc21. The van der Waals surface area contributed by atoms with E-state index in [1.807, 2.05) is 6.07 Å². The van der Waals surface area contributed by atoms with Gasteiger partial charge in [0.05, 0.1) is 11.8 Å². The lowest BCUT2D eigenvalue weighted by Gasteiger charge is -2.38. The number of hydrogen-bond donors (Lipinski definition) is 2. The van der Waals surface area contributed by atoms with E-state index >= 15 is 0 Å². The molecule has 0 radical (unpaired) electrons. The van der Waals surface area contributed by atoms with Crippen molar-refractivity contribution in [3.05, 3.63) is 18.2 Å². The minimum Gasteiger partial charge on any atom is -0.492 e. The summed E-state index contributed by atoms with van der Waals surface area (Å²) in [5.74, 6) is 0.902. The number of alkyl carbamates (subject to hydrolysis) is 1. The van der Waals surface area contributed by atoms with E-state index in [-0.39, 0.29) is 29.7 Å². The maximum atomic E-state index is 13.0. The van der Waals surface area contributed by atoms with Crippen LogP contribution in [0.3, 0.4) is 0 Å². The highest BCUT2D eigenvalue weighted by Crippen LogP contribution is 2.38. The smallest absolute Gasteiger partial charge is 0.408 e. The van der Waals surface area contributed by atoms with Gasteiger partial charge in [0.25, 0.3) is 5.91 Å². The van der Waals surface area contributed by atoms with Crippen LogP contribution in [0.2, 0.25) is 18.1 Å². The molecule has 1 fully saturated rings. The fourth-order valence-corrected chi connectivity index (χ4v) is 5.28. The molecule has 2 amide bonds. The summed E-state index contributed by atoms with van der Waals surface area (Å²) in [4.78, 5) is 26.7. The normalized spacial score (nSPS) is 23.0. The summed E-state index contributed by atoms with van der Waals surface area (Å²) in [6, 6.07) is 4.74. The Morgan fingerprint density at radius 2 is 1.92 bits per heavy atom. The van der Waals surface area contributed by atoms with E-state index in [9.17, 15) is 9.59 Å². The van der Waals surface area contributed by atoms with Crippen LogP contribution in [0.1, 0.15) is 48.0 Å². The van der Waals surface area contributed by atoms with Gasteiger partial charge in [-0.3, -0.25) is 4.79 Å². The number of fused-ring (bicyclic) bond motifs is 1. The Labute approximate surface area is 216 Å². The number of rotatable bonds is 6. The highest BCUT2D eigenvalue weighted by Gasteiger charge is 2.41. The largest absolute Gasteiger partial charge is 0.492 e. The summed E-state index contributed by atoms with van der Waals surface area (Å²) in [7, 11) is -0.159. The van der Waals surface area contributed by atoms with Crippen LogP contribution in [0.15, 0.2) is 18.2 Å². The summed E-state index contributed by atoms with van der Waals surface area (Å²) in [6.45, 7) is 17.9. The monoisotopic (exact) mass is 521 g/mol. The first-order valence-electron chi connectivity index (χ1n) is 12.6. The minimum absolute atomic E-state index is 0.0111. The van der Waals surface area contributed by atoms with Crippen molar-refractivity contribution >= 4 is 26.0 Å². The Bertz CT molecular complexity index is 956. The average Bonchev–Trinajstić information content (AvgIpc) is 3.14. The number of anilines is 1. The number of likely N-dealkylation sites (N-methyl/N-ethyl adjacent to an activating group) is 1. The second-order valence-electron chi connectivity index (χ2n) is 12.2. The van der Waals surface area contributed by atoms with Gasteiger partial charge in [0.1, 0.15) is 36.4 Å². The van der Waals surface area contributed by atoms with Gasteiger partial charge in [0.15, 0.2) is 8.32 Å². The van der Waals surface area contributed by atoms with Crippen molar-refractivity contribution in [2.75, 3.05) is 31.7 Å². The Balaban J connectivity index is 1.58. The number of hydrogen-bond acceptors (Lipinski definition) is 7. The molecule has 9 nitrogen and oxygen atoms in total. The number of ether oxygens (including phenoxy) is 3. The lowest BCUT2D eigenvalue weighted by atomic mass is 10.2. The van der Waals surface area contributed by atoms with Crippen molar-refractivity contribution in [2.24, 2.45) is 0 Å². The molecule has 0 aromatic heterocycles. The molecule has 3 rings (SSSR count). The summed E-state index contributed by atoms with van der Waals surface area (Å²) in [5.41, 5.74) is -0.0743. The summed E-state index contributed by atoms with van der Waals surface area (Å²) < 4.78 is 23.8. The van der Waals surface area contributed by atoms with Gasteiger partial charge in [-0.15, -0.1) is 0 Å². The van der Waals surface area contributed by atoms with Crippen molar-refractivity contribution in [3.63, 3.8) is 0 Å². The number of carbonyl (C=O) groups is 2. The molecule has 1 aromatic rings. The molecule has 1 saturated heterocycles. The van der Waals surface area contributed by atoms with E-state index in [1.165, 1.54) is 4.90 Å². The first-order chi connectivity index (χ1) is 16.6. The maximum absolute atomic E-state index is 13.0. The molecule has 0 saturated carbocycles. The van der Waals surface area contributed by atoms with E-state index in [0.29, 0.717) is 23.8 Å². The zero-order chi connectivity index (χ0) is 26.9. The van der Waals surface area contributed by atoms with Gasteiger partial charge < -0.3 is 34.2 Å². The topological polar surface area (TPSA) is 98.4 Å². The van der Waals surface area contributed by atoms with Crippen molar-refractivity contribution in [2.45, 2.75) is 89.9 Å². The standard InChI is InChI=1S/C26H43N3O6Si/c1-25(2,3)34-24(31)28-20-16-33-22-11-10-18(13-21(22)29(7)23(20)30)32-15-17-12-19(14-27-17)35-36(8,9)26(4,5)6/h10-11,13,17,19-20,27H,12,14-16H2,1-9H3,(H,28,31)/t17-,19+,20-/m0/s1. The van der Waals surface area contributed by atoms with Crippen LogP contribution in [-0.4, -0.2) is 70.9 Å². The third kappa shape index (κ3) is 7.14. The third-order valence-electron chi connectivity index (χ3n) is 6.92. The molecule has 0 bridgehead atoms. The maximum Gasteiger partial charge on any atom is 0.408 e. The third-order valence-corrected chi connectivity index (χ3v) is 11.5. The zero-order valence-electron chi connectivity index (χ0n) is 23.2. The molecule has 202 valence electrons. The summed E-state index contributed by atoms with van der Waals surface area (Å²) >= 11 is 0. The van der Waals surface area contributed by atoms with Crippen molar-refractivity contribution in [1.29, 1.82) is 0 Å². The second kappa shape index (κ2) is 10.6. The van der Waals surface area contributed by atoms with Gasteiger partial charge in [-0.05, 0) is 57.5 Å². The average molecular weight is 522 g/mol. The van der Waals surface area contributed by atoms with Gasteiger partial charge >= 0.3 is 6.09 Å². The van der Waals surface area contributed by atoms with Crippen molar-refractivity contribution < 1.29 is 28.2 Å². The molecule has 2 N–H and O–H groups in total. The molecule has 1 aromatic carbocycles. The molecule has 2 aliphatic heterocycles. The Morgan fingerprint density at radius 3 is 2.56 bits per heavy atom. The molecular weight excluding hydrogens is 478 g/mol. The molecule has 2 heterocycles. The van der Waals surface area contributed by atoms with Gasteiger partial charge in [-0.2, -0.15) is 0 Å². The molecule has 0 aliphatic carbocycles.